The van der Waals surface area contributed by atoms with E-state index in [9.17, 15) is 13.2 Å². The average Bonchev–Trinajstić information content (AvgIpc) is 2.35. The molecule has 0 aromatic heterocycles. The summed E-state index contributed by atoms with van der Waals surface area (Å²) in [5, 5.41) is 0.204. The minimum atomic E-state index is -3.85. The second-order valence-electron chi connectivity index (χ2n) is 3.32. The number of hydrogen-bond acceptors (Lipinski definition) is 5. The zero-order valence-corrected chi connectivity index (χ0v) is 11.2. The number of carbonyl (C=O) groups is 1. The van der Waals surface area contributed by atoms with Crippen molar-refractivity contribution in [1.29, 1.82) is 0 Å². The third-order valence-electron chi connectivity index (χ3n) is 2.07. The van der Waals surface area contributed by atoms with Crippen LogP contribution in [0, 0.1) is 0 Å². The zero-order valence-electron chi connectivity index (χ0n) is 9.64. The second kappa shape index (κ2) is 6.14. The molecule has 0 aliphatic carbocycles. The Morgan fingerprint density at radius 3 is 2.72 bits per heavy atom. The molecule has 0 heterocycles. The highest BCUT2D eigenvalue weighted by atomic mass is 35.5. The molecule has 8 heteroatoms. The third kappa shape index (κ3) is 3.42. The molecule has 0 aliphatic rings. The zero-order chi connectivity index (χ0) is 13.8. The quantitative estimate of drug-likeness (QED) is 0.764. The van der Waals surface area contributed by atoms with E-state index in [1.165, 1.54) is 25.3 Å². The minimum absolute atomic E-state index is 0.0649. The first-order valence-electron chi connectivity index (χ1n) is 5.00. The van der Waals surface area contributed by atoms with Crippen LogP contribution in [0.25, 0.3) is 0 Å². The van der Waals surface area contributed by atoms with E-state index in [1.807, 2.05) is 0 Å². The van der Waals surface area contributed by atoms with Crippen molar-refractivity contribution in [3.8, 4) is 0 Å². The van der Waals surface area contributed by atoms with Gasteiger partial charge in [-0.3, -0.25) is 0 Å². The maximum Gasteiger partial charge on any atom is 0.339 e. The molecule has 0 radical (unpaired) electrons. The molecular weight excluding hydrogens is 280 g/mol. The molecule has 0 bridgehead atoms. The summed E-state index contributed by atoms with van der Waals surface area (Å²) in [6.45, 7) is 0.211. The monoisotopic (exact) mass is 292 g/mol. The number of hydrogen-bond donors (Lipinski definition) is 2. The molecule has 18 heavy (non-hydrogen) atoms. The first-order chi connectivity index (χ1) is 8.42. The van der Waals surface area contributed by atoms with Gasteiger partial charge in [0.25, 0.3) is 0 Å². The van der Waals surface area contributed by atoms with Gasteiger partial charge in [-0.25, -0.2) is 17.9 Å². The lowest BCUT2D eigenvalue weighted by atomic mass is 10.2. The van der Waals surface area contributed by atoms with Crippen LogP contribution in [0.15, 0.2) is 23.1 Å². The van der Waals surface area contributed by atoms with Crippen molar-refractivity contribution in [3.05, 3.63) is 28.8 Å². The Hall–Kier alpha value is -1.15. The number of nitrogens with two attached hydrogens (primary N) is 1. The number of ether oxygens (including phenoxy) is 1. The van der Waals surface area contributed by atoms with Gasteiger partial charge in [-0.1, -0.05) is 11.6 Å². The number of rotatable bonds is 5. The predicted octanol–water partition coefficient (Wildman–Crippen LogP) is 0.364. The van der Waals surface area contributed by atoms with Crippen molar-refractivity contribution in [1.82, 2.24) is 4.72 Å². The van der Waals surface area contributed by atoms with Crippen LogP contribution in [0.2, 0.25) is 5.02 Å². The SMILES string of the molecule is COC(=O)c1ccc(Cl)cc1S(=O)(=O)NCCN. The maximum absolute atomic E-state index is 12.0. The summed E-state index contributed by atoms with van der Waals surface area (Å²) in [5.74, 6) is -0.750. The number of carbonyl (C=O) groups excluding carboxylic acids is 1. The normalized spacial score (nSPS) is 11.3. The molecule has 0 amide bonds. The Kier molecular flexibility index (Phi) is 5.09. The fourth-order valence-corrected chi connectivity index (χ4v) is 2.77. The second-order valence-corrected chi connectivity index (χ2v) is 5.49. The molecule has 0 spiro atoms. The van der Waals surface area contributed by atoms with Crippen LogP contribution in [0.4, 0.5) is 0 Å². The Labute approximate surface area is 110 Å². The van der Waals surface area contributed by atoms with Crippen molar-refractivity contribution < 1.29 is 17.9 Å². The number of benzene rings is 1. The predicted molar refractivity (Wildman–Crippen MR) is 67.0 cm³/mol. The molecule has 0 aliphatic heterocycles. The van der Waals surface area contributed by atoms with Crippen molar-refractivity contribution in [2.45, 2.75) is 4.90 Å². The van der Waals surface area contributed by atoms with Gasteiger partial charge in [0.05, 0.1) is 17.6 Å². The molecular formula is C10H13ClN2O4S. The highest BCUT2D eigenvalue weighted by Crippen LogP contribution is 2.21. The number of methoxy groups -OCH3 is 1. The van der Waals surface area contributed by atoms with Gasteiger partial charge in [0, 0.05) is 18.1 Å². The molecule has 0 saturated carbocycles. The van der Waals surface area contributed by atoms with Crippen LogP contribution >= 0.6 is 11.6 Å². The highest BCUT2D eigenvalue weighted by molar-refractivity contribution is 7.89. The van der Waals surface area contributed by atoms with Crippen molar-refractivity contribution in [3.63, 3.8) is 0 Å². The molecule has 1 rings (SSSR count). The van der Waals surface area contributed by atoms with Crippen molar-refractivity contribution in [2.75, 3.05) is 20.2 Å². The molecule has 6 nitrogen and oxygen atoms in total. The van der Waals surface area contributed by atoms with E-state index in [4.69, 9.17) is 17.3 Å². The van der Waals surface area contributed by atoms with Crippen molar-refractivity contribution in [2.24, 2.45) is 5.73 Å². The van der Waals surface area contributed by atoms with E-state index in [0.29, 0.717) is 0 Å². The highest BCUT2D eigenvalue weighted by Gasteiger charge is 2.22. The van der Waals surface area contributed by atoms with Gasteiger partial charge in [-0.15, -0.1) is 0 Å². The van der Waals surface area contributed by atoms with Gasteiger partial charge in [0.15, 0.2) is 0 Å². The van der Waals surface area contributed by atoms with Crippen molar-refractivity contribution >= 4 is 27.6 Å². The maximum atomic E-state index is 12.0. The lowest BCUT2D eigenvalue weighted by molar-refractivity contribution is 0.0596. The van der Waals surface area contributed by atoms with E-state index in [0.717, 1.165) is 0 Å². The molecule has 1 aromatic rings. The Morgan fingerprint density at radius 1 is 1.50 bits per heavy atom. The molecule has 1 aromatic carbocycles. The smallest absolute Gasteiger partial charge is 0.339 e. The molecule has 0 unspecified atom stereocenters. The molecule has 0 saturated heterocycles. The number of halogens is 1. The summed E-state index contributed by atoms with van der Waals surface area (Å²) in [6, 6.07) is 3.90. The molecule has 0 fully saturated rings. The van der Waals surface area contributed by atoms with E-state index in [1.54, 1.807) is 0 Å². The van der Waals surface area contributed by atoms with Gasteiger partial charge >= 0.3 is 5.97 Å². The van der Waals surface area contributed by atoms with Crippen LogP contribution in [-0.2, 0) is 14.8 Å². The van der Waals surface area contributed by atoms with Gasteiger partial charge in [-0.2, -0.15) is 0 Å². The van der Waals surface area contributed by atoms with Gasteiger partial charge in [-0.05, 0) is 18.2 Å². The minimum Gasteiger partial charge on any atom is -0.465 e. The van der Waals surface area contributed by atoms with Crippen LogP contribution in [0.1, 0.15) is 10.4 Å². The van der Waals surface area contributed by atoms with Crippen LogP contribution < -0.4 is 10.5 Å². The average molecular weight is 293 g/mol. The van der Waals surface area contributed by atoms with Crippen LogP contribution in [0.3, 0.4) is 0 Å². The van der Waals surface area contributed by atoms with E-state index >= 15 is 0 Å². The largest absolute Gasteiger partial charge is 0.465 e. The lowest BCUT2D eigenvalue weighted by Crippen LogP contribution is -2.30. The van der Waals surface area contributed by atoms with E-state index in [-0.39, 0.29) is 28.6 Å². The summed E-state index contributed by atoms with van der Waals surface area (Å²) >= 11 is 5.74. The Bertz CT molecular complexity index is 545. The third-order valence-corrected chi connectivity index (χ3v) is 3.81. The summed E-state index contributed by atoms with van der Waals surface area (Å²) in [4.78, 5) is 11.3. The first kappa shape index (κ1) is 14.9. The number of esters is 1. The van der Waals surface area contributed by atoms with Crippen LogP contribution in [0.5, 0.6) is 0 Å². The standard InChI is InChI=1S/C10H13ClN2O4S/c1-17-10(14)8-3-2-7(11)6-9(8)18(15,16)13-5-4-12/h2-3,6,13H,4-5,12H2,1H3. The summed E-state index contributed by atoms with van der Waals surface area (Å²) in [7, 11) is -2.68. The summed E-state index contributed by atoms with van der Waals surface area (Å²) < 4.78 is 30.7. The molecule has 0 atom stereocenters. The number of nitrogens with one attached hydrogen (secondary N) is 1. The first-order valence-corrected chi connectivity index (χ1v) is 6.86. The molecule has 100 valence electrons. The summed E-state index contributed by atoms with van der Waals surface area (Å²) in [6.07, 6.45) is 0. The lowest BCUT2D eigenvalue weighted by Gasteiger charge is -2.10. The van der Waals surface area contributed by atoms with Gasteiger partial charge < -0.3 is 10.5 Å². The summed E-state index contributed by atoms with van der Waals surface area (Å²) in [5.41, 5.74) is 5.15. The Balaban J connectivity index is 3.29. The van der Waals surface area contributed by atoms with Gasteiger partial charge in [0.1, 0.15) is 0 Å². The van der Waals surface area contributed by atoms with Crippen LogP contribution in [-0.4, -0.2) is 34.6 Å². The topological polar surface area (TPSA) is 98.5 Å². The van der Waals surface area contributed by atoms with Gasteiger partial charge in [0.2, 0.25) is 10.0 Å². The fourth-order valence-electron chi connectivity index (χ4n) is 1.27. The molecule has 3 N–H and O–H groups in total. The fraction of sp³-hybridized carbons (Fsp3) is 0.300. The number of sulfonamides is 1. The van der Waals surface area contributed by atoms with E-state index in [2.05, 4.69) is 9.46 Å². The van der Waals surface area contributed by atoms with E-state index < -0.39 is 16.0 Å². The Morgan fingerprint density at radius 2 is 2.17 bits per heavy atom.